The van der Waals surface area contributed by atoms with Crippen LogP contribution in [0.4, 0.5) is 0 Å². The summed E-state index contributed by atoms with van der Waals surface area (Å²) in [5.41, 5.74) is 0. The molecule has 0 radical (unpaired) electrons. The van der Waals surface area contributed by atoms with E-state index in [-0.39, 0.29) is 13.0 Å². The number of fused-ring (bicyclic) bond motifs is 2. The van der Waals surface area contributed by atoms with Crippen molar-refractivity contribution in [3.8, 4) is 0 Å². The van der Waals surface area contributed by atoms with Crippen molar-refractivity contribution in [1.29, 1.82) is 0 Å². The minimum atomic E-state index is -3.54. The van der Waals surface area contributed by atoms with E-state index < -0.39 is 16.2 Å². The van der Waals surface area contributed by atoms with E-state index in [1.165, 1.54) is 30.6 Å². The van der Waals surface area contributed by atoms with Crippen molar-refractivity contribution in [2.24, 2.45) is 17.8 Å². The fourth-order valence-corrected chi connectivity index (χ4v) is 4.81. The number of aliphatic carboxylic acids is 1. The van der Waals surface area contributed by atoms with Gasteiger partial charge in [-0.2, -0.15) is 17.0 Å². The van der Waals surface area contributed by atoms with Crippen LogP contribution < -0.4 is 0 Å². The molecule has 2 fully saturated rings. The largest absolute Gasteiger partial charge is 0.481 e. The summed E-state index contributed by atoms with van der Waals surface area (Å²) in [6.45, 7) is 0.569. The lowest BCUT2D eigenvalue weighted by molar-refractivity contribution is -0.137. The number of carbonyl (C=O) groups is 1. The molecule has 0 heterocycles. The molecule has 0 aromatic carbocycles. The Labute approximate surface area is 120 Å². The first-order chi connectivity index (χ1) is 9.30. The van der Waals surface area contributed by atoms with E-state index in [9.17, 15) is 13.2 Å². The molecule has 2 rings (SSSR count). The van der Waals surface area contributed by atoms with Gasteiger partial charge in [-0.1, -0.05) is 6.42 Å². The van der Waals surface area contributed by atoms with Gasteiger partial charge in [0.25, 0.3) is 10.2 Å². The summed E-state index contributed by atoms with van der Waals surface area (Å²) in [4.78, 5) is 10.5. The van der Waals surface area contributed by atoms with Gasteiger partial charge >= 0.3 is 5.97 Å². The second-order valence-corrected chi connectivity index (χ2v) is 8.33. The smallest absolute Gasteiger partial charge is 0.304 e. The van der Waals surface area contributed by atoms with Crippen LogP contribution in [0.3, 0.4) is 0 Å². The van der Waals surface area contributed by atoms with Crippen molar-refractivity contribution in [3.05, 3.63) is 0 Å². The molecule has 20 heavy (non-hydrogen) atoms. The Morgan fingerprint density at radius 3 is 2.40 bits per heavy atom. The first-order valence-corrected chi connectivity index (χ1v) is 8.59. The van der Waals surface area contributed by atoms with E-state index in [4.69, 9.17) is 5.11 Å². The number of hydrogen-bond acceptors (Lipinski definition) is 3. The van der Waals surface area contributed by atoms with Crippen LogP contribution in [0.25, 0.3) is 0 Å². The lowest BCUT2D eigenvalue weighted by Crippen LogP contribution is -2.43. The third-order valence-corrected chi connectivity index (χ3v) is 6.71. The number of carboxylic acids is 1. The Balaban J connectivity index is 1.89. The van der Waals surface area contributed by atoms with E-state index in [0.717, 1.165) is 16.6 Å². The third-order valence-electron chi connectivity index (χ3n) is 4.80. The molecular formula is C13H24N2O4S. The van der Waals surface area contributed by atoms with Crippen molar-refractivity contribution < 1.29 is 18.3 Å². The van der Waals surface area contributed by atoms with Gasteiger partial charge in [-0.15, -0.1) is 0 Å². The molecule has 116 valence electrons. The Morgan fingerprint density at radius 2 is 1.90 bits per heavy atom. The lowest BCUT2D eigenvalue weighted by atomic mass is 9.89. The summed E-state index contributed by atoms with van der Waals surface area (Å²) < 4.78 is 27.1. The van der Waals surface area contributed by atoms with Crippen molar-refractivity contribution in [2.45, 2.75) is 32.1 Å². The standard InChI is InChI=1S/C13H24N2O4S/c1-14(6-5-13(16)17)20(18,19)15(2)9-12-8-10-3-4-11(12)7-10/h10-12H,3-9H2,1-2H3,(H,16,17). The summed E-state index contributed by atoms with van der Waals surface area (Å²) >= 11 is 0. The molecule has 2 aliphatic carbocycles. The summed E-state index contributed by atoms with van der Waals surface area (Å²) in [7, 11) is -0.500. The molecule has 3 atom stereocenters. The number of nitrogens with zero attached hydrogens (tertiary/aromatic N) is 2. The summed E-state index contributed by atoms with van der Waals surface area (Å²) in [5, 5.41) is 8.63. The second kappa shape index (κ2) is 5.99. The Hall–Kier alpha value is -0.660. The molecule has 0 spiro atoms. The highest BCUT2D eigenvalue weighted by Gasteiger charge is 2.41. The van der Waals surface area contributed by atoms with Gasteiger partial charge in [0.1, 0.15) is 0 Å². The average molecular weight is 304 g/mol. The van der Waals surface area contributed by atoms with Gasteiger partial charge < -0.3 is 5.11 Å². The molecule has 0 aromatic heterocycles. The fourth-order valence-electron chi connectivity index (χ4n) is 3.63. The summed E-state index contributed by atoms with van der Waals surface area (Å²) in [6.07, 6.45) is 4.77. The molecule has 7 heteroatoms. The lowest BCUT2D eigenvalue weighted by Gasteiger charge is -2.29. The summed E-state index contributed by atoms with van der Waals surface area (Å²) in [6, 6.07) is 0. The van der Waals surface area contributed by atoms with E-state index in [1.807, 2.05) is 0 Å². The van der Waals surface area contributed by atoms with E-state index >= 15 is 0 Å². The van der Waals surface area contributed by atoms with Crippen LogP contribution in [0.5, 0.6) is 0 Å². The first kappa shape index (κ1) is 15.7. The van der Waals surface area contributed by atoms with Crippen LogP contribution in [0, 0.1) is 17.8 Å². The third kappa shape index (κ3) is 3.32. The van der Waals surface area contributed by atoms with Crippen LogP contribution in [-0.4, -0.2) is 55.3 Å². The minimum absolute atomic E-state index is 0.0126. The van der Waals surface area contributed by atoms with Gasteiger partial charge in [-0.05, 0) is 37.0 Å². The quantitative estimate of drug-likeness (QED) is 0.761. The van der Waals surface area contributed by atoms with Crippen LogP contribution in [-0.2, 0) is 15.0 Å². The molecule has 3 unspecified atom stereocenters. The van der Waals surface area contributed by atoms with Crippen molar-refractivity contribution in [1.82, 2.24) is 8.61 Å². The zero-order valence-corrected chi connectivity index (χ0v) is 13.0. The molecule has 1 N–H and O–H groups in total. The molecule has 2 bridgehead atoms. The van der Waals surface area contributed by atoms with Crippen LogP contribution in [0.15, 0.2) is 0 Å². The van der Waals surface area contributed by atoms with E-state index in [1.54, 1.807) is 7.05 Å². The highest BCUT2D eigenvalue weighted by Crippen LogP contribution is 2.48. The van der Waals surface area contributed by atoms with Crippen molar-refractivity contribution in [2.75, 3.05) is 27.2 Å². The van der Waals surface area contributed by atoms with Gasteiger partial charge in [-0.25, -0.2) is 0 Å². The summed E-state index contributed by atoms with van der Waals surface area (Å²) in [5.74, 6) is 0.969. The Kier molecular flexibility index (Phi) is 4.71. The zero-order valence-electron chi connectivity index (χ0n) is 12.2. The number of hydrogen-bond donors (Lipinski definition) is 1. The van der Waals surface area contributed by atoms with E-state index in [0.29, 0.717) is 18.4 Å². The molecule has 0 amide bonds. The maximum atomic E-state index is 12.3. The van der Waals surface area contributed by atoms with Gasteiger partial charge in [0, 0.05) is 27.2 Å². The molecule has 0 aromatic rings. The normalized spacial score (nSPS) is 29.5. The predicted molar refractivity (Wildman–Crippen MR) is 75.4 cm³/mol. The topological polar surface area (TPSA) is 77.9 Å². The van der Waals surface area contributed by atoms with Crippen LogP contribution >= 0.6 is 0 Å². The van der Waals surface area contributed by atoms with Gasteiger partial charge in [0.15, 0.2) is 0 Å². The molecule has 6 nitrogen and oxygen atoms in total. The fraction of sp³-hybridized carbons (Fsp3) is 0.923. The maximum Gasteiger partial charge on any atom is 0.304 e. The minimum Gasteiger partial charge on any atom is -0.481 e. The first-order valence-electron chi connectivity index (χ1n) is 7.20. The SMILES string of the molecule is CN(CCC(=O)O)S(=O)(=O)N(C)CC1CC2CCC1C2. The zero-order chi connectivity index (χ0) is 14.9. The molecule has 2 aliphatic rings. The Bertz CT molecular complexity index is 465. The number of carboxylic acid groups (broad SMARTS) is 1. The molecular weight excluding hydrogens is 280 g/mol. The number of rotatable bonds is 7. The second-order valence-electron chi connectivity index (χ2n) is 6.19. The predicted octanol–water partition coefficient (Wildman–Crippen LogP) is 1.01. The molecule has 0 aliphatic heterocycles. The maximum absolute atomic E-state index is 12.3. The Morgan fingerprint density at radius 1 is 1.20 bits per heavy atom. The monoisotopic (exact) mass is 304 g/mol. The molecule has 2 saturated carbocycles. The van der Waals surface area contributed by atoms with Crippen molar-refractivity contribution in [3.63, 3.8) is 0 Å². The van der Waals surface area contributed by atoms with Crippen LogP contribution in [0.1, 0.15) is 32.1 Å². The van der Waals surface area contributed by atoms with Crippen molar-refractivity contribution >= 4 is 16.2 Å². The average Bonchev–Trinajstić information content (AvgIpc) is 2.97. The highest BCUT2D eigenvalue weighted by atomic mass is 32.2. The van der Waals surface area contributed by atoms with E-state index in [2.05, 4.69) is 0 Å². The van der Waals surface area contributed by atoms with Gasteiger partial charge in [0.2, 0.25) is 0 Å². The highest BCUT2D eigenvalue weighted by molar-refractivity contribution is 7.86. The van der Waals surface area contributed by atoms with Crippen LogP contribution in [0.2, 0.25) is 0 Å². The van der Waals surface area contributed by atoms with Gasteiger partial charge in [0.05, 0.1) is 6.42 Å². The van der Waals surface area contributed by atoms with Gasteiger partial charge in [-0.3, -0.25) is 4.79 Å². The molecule has 0 saturated heterocycles.